The molecule has 10 heteroatoms. The Morgan fingerprint density at radius 1 is 1.03 bits per heavy atom. The number of aromatic nitrogens is 2. The molecule has 0 aliphatic carbocycles. The monoisotopic (exact) mass is 443 g/mol. The lowest BCUT2D eigenvalue weighted by molar-refractivity contribution is -0.255. The molecule has 1 amide bonds. The van der Waals surface area contributed by atoms with E-state index >= 15 is 0 Å². The topological polar surface area (TPSA) is 107 Å². The second-order valence-corrected chi connectivity index (χ2v) is 9.02. The van der Waals surface area contributed by atoms with Gasteiger partial charge in [-0.15, -0.1) is 10.2 Å². The van der Waals surface area contributed by atoms with E-state index in [1.54, 1.807) is 23.9 Å². The molecule has 1 heterocycles. The average molecular weight is 444 g/mol. The average Bonchev–Trinajstić information content (AvgIpc) is 3.20. The van der Waals surface area contributed by atoms with Crippen LogP contribution in [-0.2, 0) is 10.5 Å². The summed E-state index contributed by atoms with van der Waals surface area (Å²) >= 11 is 4.36. The normalized spacial score (nSPS) is 10.9. The second kappa shape index (κ2) is 10.7. The van der Waals surface area contributed by atoms with Crippen molar-refractivity contribution in [2.45, 2.75) is 14.4 Å². The van der Waals surface area contributed by atoms with Crippen LogP contribution < -0.4 is 10.5 Å². The Hall–Kier alpha value is -2.69. The van der Waals surface area contributed by atoms with Gasteiger partial charge in [-0.25, -0.2) is 5.43 Å². The van der Waals surface area contributed by atoms with Gasteiger partial charge in [0.2, 0.25) is 0 Å². The van der Waals surface area contributed by atoms with Gasteiger partial charge in [-0.2, -0.15) is 5.10 Å². The van der Waals surface area contributed by atoms with Gasteiger partial charge in [-0.05, 0) is 16.7 Å². The zero-order valence-corrected chi connectivity index (χ0v) is 17.4. The van der Waals surface area contributed by atoms with Crippen LogP contribution in [0.15, 0.2) is 68.4 Å². The molecular weight excluding hydrogens is 428 g/mol. The lowest BCUT2D eigenvalue weighted by Gasteiger charge is -2.01. The summed E-state index contributed by atoms with van der Waals surface area (Å²) in [6.07, 6.45) is 1.44. The molecule has 0 saturated heterocycles. The highest BCUT2D eigenvalue weighted by molar-refractivity contribution is 8.03. The van der Waals surface area contributed by atoms with Crippen LogP contribution in [0, 0.1) is 0 Å². The maximum atomic E-state index is 11.9. The van der Waals surface area contributed by atoms with Crippen molar-refractivity contribution in [3.63, 3.8) is 0 Å². The maximum Gasteiger partial charge on any atom is 0.250 e. The van der Waals surface area contributed by atoms with Crippen molar-refractivity contribution in [2.75, 3.05) is 5.75 Å². The van der Waals surface area contributed by atoms with Gasteiger partial charge in [0.05, 0.1) is 17.9 Å². The van der Waals surface area contributed by atoms with E-state index in [2.05, 4.69) is 32.9 Å². The number of carbonyl (C=O) groups excluding carboxylic acids is 2. The van der Waals surface area contributed by atoms with Crippen molar-refractivity contribution in [1.29, 1.82) is 0 Å². The van der Waals surface area contributed by atoms with Gasteiger partial charge >= 0.3 is 0 Å². The number of thioether (sulfide) groups is 2. The standard InChI is InChI=1S/C19H16N4O3S3/c24-16(21-20-10-13-6-8-15(9-7-13)17(25)26)12-28-19-23-22-18(29-19)27-11-14-4-2-1-3-5-14/h1-10H,11-12H2,(H,21,24)(H,25,26)/p-1. The fourth-order valence-electron chi connectivity index (χ4n) is 2.08. The number of nitrogens with zero attached hydrogens (tertiary/aromatic N) is 3. The number of hydrogen-bond acceptors (Lipinski definition) is 9. The molecule has 2 aromatic carbocycles. The van der Waals surface area contributed by atoms with Gasteiger partial charge in [0.15, 0.2) is 8.68 Å². The van der Waals surface area contributed by atoms with Gasteiger partial charge in [0.25, 0.3) is 5.91 Å². The van der Waals surface area contributed by atoms with Crippen LogP contribution in [0.1, 0.15) is 21.5 Å². The second-order valence-electron chi connectivity index (χ2n) is 5.60. The minimum absolute atomic E-state index is 0.0842. The molecule has 7 nitrogen and oxygen atoms in total. The van der Waals surface area contributed by atoms with E-state index in [-0.39, 0.29) is 17.2 Å². The fourth-order valence-corrected chi connectivity index (χ4v) is 4.85. The Morgan fingerprint density at radius 2 is 1.72 bits per heavy atom. The largest absolute Gasteiger partial charge is 0.545 e. The molecule has 0 atom stereocenters. The number of benzene rings is 2. The number of carbonyl (C=O) groups is 2. The number of rotatable bonds is 9. The highest BCUT2D eigenvalue weighted by Crippen LogP contribution is 2.30. The predicted molar refractivity (Wildman–Crippen MR) is 113 cm³/mol. The molecular formula is C19H15N4O3S3-. The van der Waals surface area contributed by atoms with E-state index in [1.165, 1.54) is 47.0 Å². The molecule has 1 N–H and O–H groups in total. The summed E-state index contributed by atoms with van der Waals surface area (Å²) in [5.74, 6) is -0.526. The Morgan fingerprint density at radius 3 is 2.41 bits per heavy atom. The smallest absolute Gasteiger partial charge is 0.250 e. The lowest BCUT2D eigenvalue weighted by atomic mass is 10.1. The third kappa shape index (κ3) is 7.00. The number of hydrogen-bond donors (Lipinski definition) is 1. The van der Waals surface area contributed by atoms with Crippen LogP contribution in [0.2, 0.25) is 0 Å². The SMILES string of the molecule is O=C(CSc1nnc(SCc2ccccc2)s1)NN=Cc1ccc(C(=O)[O-])cc1. The van der Waals surface area contributed by atoms with Crippen molar-refractivity contribution in [2.24, 2.45) is 5.10 Å². The fraction of sp³-hybridized carbons (Fsp3) is 0.105. The number of hydrazone groups is 1. The van der Waals surface area contributed by atoms with Crippen LogP contribution in [0.5, 0.6) is 0 Å². The first-order chi connectivity index (χ1) is 14.1. The van der Waals surface area contributed by atoms with E-state index in [1.807, 2.05) is 18.2 Å². The summed E-state index contributed by atoms with van der Waals surface area (Å²) in [5, 5.41) is 22.8. The van der Waals surface area contributed by atoms with E-state index in [0.29, 0.717) is 5.56 Å². The molecule has 0 unspecified atom stereocenters. The van der Waals surface area contributed by atoms with Crippen molar-refractivity contribution in [1.82, 2.24) is 15.6 Å². The summed E-state index contributed by atoms with van der Waals surface area (Å²) in [4.78, 5) is 22.6. The molecule has 0 bridgehead atoms. The first-order valence-electron chi connectivity index (χ1n) is 8.36. The molecule has 0 spiro atoms. The number of carboxylic acids is 1. The molecule has 0 radical (unpaired) electrons. The highest BCUT2D eigenvalue weighted by atomic mass is 32.2. The van der Waals surface area contributed by atoms with Gasteiger partial charge in [-0.3, -0.25) is 4.79 Å². The Kier molecular flexibility index (Phi) is 7.79. The first-order valence-corrected chi connectivity index (χ1v) is 11.2. The third-order valence-corrected chi connectivity index (χ3v) is 6.73. The number of nitrogens with one attached hydrogen (secondary N) is 1. The summed E-state index contributed by atoms with van der Waals surface area (Å²) in [5.41, 5.74) is 4.38. The van der Waals surface area contributed by atoms with Gasteiger partial charge in [-0.1, -0.05) is 89.5 Å². The molecule has 148 valence electrons. The first kappa shape index (κ1) is 21.0. The molecule has 0 fully saturated rings. The Balaban J connectivity index is 1.40. The minimum Gasteiger partial charge on any atom is -0.545 e. The minimum atomic E-state index is -1.24. The van der Waals surface area contributed by atoms with E-state index in [0.717, 1.165) is 14.4 Å². The van der Waals surface area contributed by atoms with Crippen molar-refractivity contribution in [3.8, 4) is 0 Å². The highest BCUT2D eigenvalue weighted by Gasteiger charge is 2.08. The maximum absolute atomic E-state index is 11.9. The summed E-state index contributed by atoms with van der Waals surface area (Å²) in [7, 11) is 0. The molecule has 0 saturated carbocycles. The molecule has 3 aromatic rings. The van der Waals surface area contributed by atoms with Gasteiger partial charge in [0, 0.05) is 5.75 Å². The molecule has 3 rings (SSSR count). The quantitative estimate of drug-likeness (QED) is 0.307. The number of carboxylic acid groups (broad SMARTS) is 1. The van der Waals surface area contributed by atoms with Crippen molar-refractivity contribution < 1.29 is 14.7 Å². The van der Waals surface area contributed by atoms with E-state index in [9.17, 15) is 14.7 Å². The summed E-state index contributed by atoms with van der Waals surface area (Å²) < 4.78 is 1.58. The van der Waals surface area contributed by atoms with Crippen molar-refractivity contribution >= 4 is 53.0 Å². The van der Waals surface area contributed by atoms with Crippen molar-refractivity contribution in [3.05, 3.63) is 71.3 Å². The number of amides is 1. The molecule has 0 aliphatic rings. The zero-order chi connectivity index (χ0) is 20.5. The number of aromatic carboxylic acids is 1. The van der Waals surface area contributed by atoms with Gasteiger partial charge in [0.1, 0.15) is 0 Å². The Bertz CT molecular complexity index is 991. The molecule has 1 aromatic heterocycles. The van der Waals surface area contributed by atoms with Gasteiger partial charge < -0.3 is 9.90 Å². The lowest BCUT2D eigenvalue weighted by Crippen LogP contribution is -2.22. The van der Waals surface area contributed by atoms with Crippen LogP contribution in [0.25, 0.3) is 0 Å². The van der Waals surface area contributed by atoms with Crippen LogP contribution in [0.4, 0.5) is 0 Å². The Labute approximate surface area is 179 Å². The third-order valence-electron chi connectivity index (χ3n) is 3.47. The van der Waals surface area contributed by atoms with Crippen LogP contribution in [-0.4, -0.2) is 34.0 Å². The summed E-state index contributed by atoms with van der Waals surface area (Å²) in [6.45, 7) is 0. The van der Waals surface area contributed by atoms with E-state index < -0.39 is 5.97 Å². The zero-order valence-electron chi connectivity index (χ0n) is 15.0. The summed E-state index contributed by atoms with van der Waals surface area (Å²) in [6, 6.07) is 16.1. The molecule has 0 aliphatic heterocycles. The van der Waals surface area contributed by atoms with Crippen LogP contribution >= 0.6 is 34.9 Å². The van der Waals surface area contributed by atoms with Crippen LogP contribution in [0.3, 0.4) is 0 Å². The predicted octanol–water partition coefficient (Wildman–Crippen LogP) is 2.44. The van der Waals surface area contributed by atoms with E-state index in [4.69, 9.17) is 0 Å². The molecule has 29 heavy (non-hydrogen) atoms.